The first-order valence-corrected chi connectivity index (χ1v) is 7.66. The van der Waals surface area contributed by atoms with Crippen molar-refractivity contribution in [2.45, 2.75) is 46.8 Å². The van der Waals surface area contributed by atoms with E-state index in [9.17, 15) is 4.79 Å². The third kappa shape index (κ3) is 5.80. The average molecular weight is 305 g/mol. The van der Waals surface area contributed by atoms with Crippen molar-refractivity contribution in [3.05, 3.63) is 29.8 Å². The van der Waals surface area contributed by atoms with Crippen molar-refractivity contribution in [1.29, 1.82) is 0 Å². The van der Waals surface area contributed by atoms with Gasteiger partial charge in [0.1, 0.15) is 0 Å². The molecule has 0 bridgehead atoms. The second kappa shape index (κ2) is 8.47. The third-order valence-electron chi connectivity index (χ3n) is 3.35. The van der Waals surface area contributed by atoms with Gasteiger partial charge in [-0.25, -0.2) is 0 Å². The lowest BCUT2D eigenvalue weighted by atomic mass is 10.1. The van der Waals surface area contributed by atoms with Crippen molar-refractivity contribution in [2.75, 3.05) is 7.11 Å². The number of amides is 1. The van der Waals surface area contributed by atoms with E-state index in [1.165, 1.54) is 6.08 Å². The Balaban J connectivity index is 2.77. The highest BCUT2D eigenvalue weighted by molar-refractivity contribution is 5.92. The van der Waals surface area contributed by atoms with Crippen LogP contribution in [0.2, 0.25) is 0 Å². The average Bonchev–Trinajstić information content (AvgIpc) is 2.45. The summed E-state index contributed by atoms with van der Waals surface area (Å²) in [6, 6.07) is 5.75. The van der Waals surface area contributed by atoms with Crippen LogP contribution in [0.1, 0.15) is 40.2 Å². The predicted molar refractivity (Wildman–Crippen MR) is 90.2 cm³/mol. The fourth-order valence-electron chi connectivity index (χ4n) is 1.75. The van der Waals surface area contributed by atoms with Crippen LogP contribution in [0.25, 0.3) is 6.08 Å². The van der Waals surface area contributed by atoms with Crippen LogP contribution in [0.15, 0.2) is 24.3 Å². The van der Waals surface area contributed by atoms with E-state index < -0.39 is 0 Å². The van der Waals surface area contributed by atoms with Crippen LogP contribution in [0.3, 0.4) is 0 Å². The maximum atomic E-state index is 11.8. The summed E-state index contributed by atoms with van der Waals surface area (Å²) in [6.45, 7) is 10.1. The summed E-state index contributed by atoms with van der Waals surface area (Å²) < 4.78 is 11.0. The minimum absolute atomic E-state index is 0.0820. The SMILES string of the molecule is COc1cc(/C=C/C(=O)NC(C)C(C)C)ccc1OC(C)C. The number of methoxy groups -OCH3 is 1. The standard InChI is InChI=1S/C18H27NO3/c1-12(2)14(5)19-18(20)10-8-15-7-9-16(22-13(3)4)17(11-15)21-6/h7-14H,1-6H3,(H,19,20)/b10-8+. The van der Waals surface area contributed by atoms with E-state index >= 15 is 0 Å². The van der Waals surface area contributed by atoms with Crippen LogP contribution >= 0.6 is 0 Å². The van der Waals surface area contributed by atoms with Crippen LogP contribution in [-0.2, 0) is 4.79 Å². The van der Waals surface area contributed by atoms with Gasteiger partial charge in [0.25, 0.3) is 0 Å². The minimum atomic E-state index is -0.0947. The molecule has 0 fully saturated rings. The number of carbonyl (C=O) groups is 1. The van der Waals surface area contributed by atoms with E-state index in [0.29, 0.717) is 17.4 Å². The van der Waals surface area contributed by atoms with E-state index in [2.05, 4.69) is 19.2 Å². The van der Waals surface area contributed by atoms with Crippen molar-refractivity contribution in [3.8, 4) is 11.5 Å². The first-order chi connectivity index (χ1) is 10.3. The number of benzene rings is 1. The van der Waals surface area contributed by atoms with Gasteiger partial charge in [0.15, 0.2) is 11.5 Å². The highest BCUT2D eigenvalue weighted by Crippen LogP contribution is 2.29. The van der Waals surface area contributed by atoms with E-state index in [-0.39, 0.29) is 18.1 Å². The maximum Gasteiger partial charge on any atom is 0.244 e. The number of nitrogens with one attached hydrogen (secondary N) is 1. The van der Waals surface area contributed by atoms with Crippen molar-refractivity contribution in [3.63, 3.8) is 0 Å². The lowest BCUT2D eigenvalue weighted by Crippen LogP contribution is -2.34. The van der Waals surface area contributed by atoms with Crippen molar-refractivity contribution < 1.29 is 14.3 Å². The molecule has 0 aliphatic rings. The molecule has 0 saturated carbocycles. The smallest absolute Gasteiger partial charge is 0.244 e. The van der Waals surface area contributed by atoms with Gasteiger partial charge in [-0.3, -0.25) is 4.79 Å². The van der Waals surface area contributed by atoms with E-state index in [1.54, 1.807) is 13.2 Å². The van der Waals surface area contributed by atoms with Gasteiger partial charge < -0.3 is 14.8 Å². The van der Waals surface area contributed by atoms with Crippen LogP contribution in [-0.4, -0.2) is 25.2 Å². The second-order valence-corrected chi connectivity index (χ2v) is 5.95. The van der Waals surface area contributed by atoms with Crippen LogP contribution in [0.5, 0.6) is 11.5 Å². The molecule has 0 aromatic heterocycles. The molecule has 122 valence electrons. The summed E-state index contributed by atoms with van der Waals surface area (Å²) in [5.74, 6) is 1.67. The van der Waals surface area contributed by atoms with Gasteiger partial charge in [0.2, 0.25) is 5.91 Å². The zero-order chi connectivity index (χ0) is 16.7. The summed E-state index contributed by atoms with van der Waals surface area (Å²) in [5, 5.41) is 2.93. The molecule has 4 heteroatoms. The van der Waals surface area contributed by atoms with Crippen molar-refractivity contribution in [1.82, 2.24) is 5.32 Å². The van der Waals surface area contributed by atoms with E-state index in [4.69, 9.17) is 9.47 Å². The minimum Gasteiger partial charge on any atom is -0.493 e. The molecule has 1 amide bonds. The van der Waals surface area contributed by atoms with E-state index in [0.717, 1.165) is 5.56 Å². The molecule has 0 spiro atoms. The second-order valence-electron chi connectivity index (χ2n) is 5.95. The summed E-state index contributed by atoms with van der Waals surface area (Å²) in [7, 11) is 1.60. The molecule has 22 heavy (non-hydrogen) atoms. The Morgan fingerprint density at radius 3 is 2.36 bits per heavy atom. The number of hydrogen-bond acceptors (Lipinski definition) is 3. The molecule has 1 aromatic rings. The third-order valence-corrected chi connectivity index (χ3v) is 3.35. The van der Waals surface area contributed by atoms with Gasteiger partial charge in [-0.1, -0.05) is 19.9 Å². The summed E-state index contributed by atoms with van der Waals surface area (Å²) in [6.07, 6.45) is 3.39. The highest BCUT2D eigenvalue weighted by Gasteiger charge is 2.09. The molecular weight excluding hydrogens is 278 g/mol. The molecule has 0 heterocycles. The molecule has 1 aromatic carbocycles. The van der Waals surface area contributed by atoms with Crippen LogP contribution in [0.4, 0.5) is 0 Å². The first kappa shape index (κ1) is 18.1. The number of carbonyl (C=O) groups excluding carboxylic acids is 1. The van der Waals surface area contributed by atoms with Gasteiger partial charge in [-0.05, 0) is 50.5 Å². The molecule has 0 aliphatic carbocycles. The first-order valence-electron chi connectivity index (χ1n) is 7.66. The fourth-order valence-corrected chi connectivity index (χ4v) is 1.75. The van der Waals surface area contributed by atoms with Gasteiger partial charge in [0, 0.05) is 12.1 Å². The Hall–Kier alpha value is -1.97. The number of rotatable bonds is 7. The molecule has 1 rings (SSSR count). The summed E-state index contributed by atoms with van der Waals surface area (Å²) in [5.41, 5.74) is 0.889. The fraction of sp³-hybridized carbons (Fsp3) is 0.500. The maximum absolute atomic E-state index is 11.8. The van der Waals surface area contributed by atoms with Gasteiger partial charge in [-0.15, -0.1) is 0 Å². The Morgan fingerprint density at radius 1 is 1.14 bits per heavy atom. The Morgan fingerprint density at radius 2 is 1.82 bits per heavy atom. The molecule has 0 saturated heterocycles. The number of ether oxygens (including phenoxy) is 2. The predicted octanol–water partition coefficient (Wildman–Crippen LogP) is 3.66. The molecule has 1 unspecified atom stereocenters. The lowest BCUT2D eigenvalue weighted by Gasteiger charge is -2.16. The van der Waals surface area contributed by atoms with E-state index in [1.807, 2.05) is 39.0 Å². The topological polar surface area (TPSA) is 47.6 Å². The number of hydrogen-bond donors (Lipinski definition) is 1. The Labute approximate surface area is 133 Å². The molecule has 0 aliphatic heterocycles. The Kier molecular flexibility index (Phi) is 6.96. The van der Waals surface area contributed by atoms with Crippen molar-refractivity contribution in [2.24, 2.45) is 5.92 Å². The highest BCUT2D eigenvalue weighted by atomic mass is 16.5. The molecule has 4 nitrogen and oxygen atoms in total. The summed E-state index contributed by atoms with van der Waals surface area (Å²) >= 11 is 0. The lowest BCUT2D eigenvalue weighted by molar-refractivity contribution is -0.117. The zero-order valence-corrected chi connectivity index (χ0v) is 14.3. The molecule has 1 atom stereocenters. The largest absolute Gasteiger partial charge is 0.493 e. The van der Waals surface area contributed by atoms with Crippen molar-refractivity contribution >= 4 is 12.0 Å². The van der Waals surface area contributed by atoms with Crippen LogP contribution < -0.4 is 14.8 Å². The molecule has 0 radical (unpaired) electrons. The van der Waals surface area contributed by atoms with Gasteiger partial charge >= 0.3 is 0 Å². The quantitative estimate of drug-likeness (QED) is 0.782. The monoisotopic (exact) mass is 305 g/mol. The normalized spacial score (nSPS) is 12.7. The van der Waals surface area contributed by atoms with Gasteiger partial charge in [-0.2, -0.15) is 0 Å². The van der Waals surface area contributed by atoms with Gasteiger partial charge in [0.05, 0.1) is 13.2 Å². The Bertz CT molecular complexity index is 521. The molecule has 1 N–H and O–H groups in total. The summed E-state index contributed by atoms with van der Waals surface area (Å²) in [4.78, 5) is 11.8. The zero-order valence-electron chi connectivity index (χ0n) is 14.3. The molecular formula is C18H27NO3. The van der Waals surface area contributed by atoms with Crippen LogP contribution in [0, 0.1) is 5.92 Å².